The molecule has 0 aromatic rings. The zero-order valence-corrected chi connectivity index (χ0v) is 6.42. The van der Waals surface area contributed by atoms with Gasteiger partial charge in [-0.05, 0) is 25.5 Å². The Morgan fingerprint density at radius 1 is 1.30 bits per heavy atom. The van der Waals surface area contributed by atoms with Crippen LogP contribution < -0.4 is 0 Å². The Kier molecular flexibility index (Phi) is 4.21. The summed E-state index contributed by atoms with van der Waals surface area (Å²) >= 11 is 0. The summed E-state index contributed by atoms with van der Waals surface area (Å²) in [4.78, 5) is 9.95. The van der Waals surface area contributed by atoms with Gasteiger partial charge in [-0.3, -0.25) is 4.79 Å². The SMILES string of the molecule is C=C/C(C)=C\C(C)=C\C=O. The molecule has 54 valence electrons. The Morgan fingerprint density at radius 2 is 1.90 bits per heavy atom. The van der Waals surface area contributed by atoms with Crippen molar-refractivity contribution < 1.29 is 4.79 Å². The lowest BCUT2D eigenvalue weighted by Crippen LogP contribution is -1.72. The zero-order valence-electron chi connectivity index (χ0n) is 6.42. The van der Waals surface area contributed by atoms with Gasteiger partial charge in [-0.25, -0.2) is 0 Å². The fourth-order valence-corrected chi connectivity index (χ4v) is 0.573. The summed E-state index contributed by atoms with van der Waals surface area (Å²) in [5.41, 5.74) is 2.02. The Balaban J connectivity index is 4.24. The van der Waals surface area contributed by atoms with Gasteiger partial charge in [0.2, 0.25) is 0 Å². The molecule has 0 rings (SSSR count). The van der Waals surface area contributed by atoms with Crippen molar-refractivity contribution in [3.05, 3.63) is 36.0 Å². The first-order valence-corrected chi connectivity index (χ1v) is 3.13. The lowest BCUT2D eigenvalue weighted by Gasteiger charge is -1.89. The fourth-order valence-electron chi connectivity index (χ4n) is 0.573. The monoisotopic (exact) mass is 136 g/mol. The second kappa shape index (κ2) is 4.74. The van der Waals surface area contributed by atoms with E-state index >= 15 is 0 Å². The van der Waals surface area contributed by atoms with Crippen molar-refractivity contribution in [1.29, 1.82) is 0 Å². The number of carbonyl (C=O) groups is 1. The molecule has 0 unspecified atom stereocenters. The summed E-state index contributed by atoms with van der Waals surface area (Å²) < 4.78 is 0. The molecule has 1 nitrogen and oxygen atoms in total. The van der Waals surface area contributed by atoms with E-state index in [1.165, 1.54) is 6.08 Å². The topological polar surface area (TPSA) is 17.1 Å². The van der Waals surface area contributed by atoms with E-state index in [0.717, 1.165) is 17.4 Å². The highest BCUT2D eigenvalue weighted by atomic mass is 16.1. The van der Waals surface area contributed by atoms with Gasteiger partial charge in [0.1, 0.15) is 6.29 Å². The van der Waals surface area contributed by atoms with Crippen LogP contribution in [0.3, 0.4) is 0 Å². The molecule has 0 aliphatic rings. The van der Waals surface area contributed by atoms with Crippen LogP contribution in [0.5, 0.6) is 0 Å². The van der Waals surface area contributed by atoms with Gasteiger partial charge in [0.25, 0.3) is 0 Å². The maximum atomic E-state index is 9.95. The molecule has 0 fully saturated rings. The number of carbonyl (C=O) groups excluding carboxylic acids is 1. The van der Waals surface area contributed by atoms with Crippen molar-refractivity contribution >= 4 is 6.29 Å². The van der Waals surface area contributed by atoms with Gasteiger partial charge in [-0.15, -0.1) is 0 Å². The predicted molar refractivity (Wildman–Crippen MR) is 43.8 cm³/mol. The largest absolute Gasteiger partial charge is 0.299 e. The minimum atomic E-state index is 0.780. The highest BCUT2D eigenvalue weighted by molar-refractivity contribution is 5.67. The number of hydrogen-bond acceptors (Lipinski definition) is 1. The van der Waals surface area contributed by atoms with E-state index in [0.29, 0.717) is 0 Å². The van der Waals surface area contributed by atoms with Crippen LogP contribution >= 0.6 is 0 Å². The first-order chi connectivity index (χ1) is 4.70. The summed E-state index contributed by atoms with van der Waals surface area (Å²) in [6.07, 6.45) is 5.96. The van der Waals surface area contributed by atoms with Crippen molar-refractivity contribution in [2.75, 3.05) is 0 Å². The van der Waals surface area contributed by atoms with Gasteiger partial charge >= 0.3 is 0 Å². The summed E-state index contributed by atoms with van der Waals surface area (Å²) in [6.45, 7) is 7.41. The molecule has 0 bridgehead atoms. The molecule has 0 heterocycles. The third kappa shape index (κ3) is 3.84. The van der Waals surface area contributed by atoms with Crippen molar-refractivity contribution in [3.8, 4) is 0 Å². The molecular formula is C9H12O. The van der Waals surface area contributed by atoms with Crippen LogP contribution in [0.25, 0.3) is 0 Å². The van der Waals surface area contributed by atoms with Crippen LogP contribution in [0.15, 0.2) is 36.0 Å². The minimum absolute atomic E-state index is 0.780. The number of allylic oxidation sites excluding steroid dienone is 5. The van der Waals surface area contributed by atoms with E-state index in [9.17, 15) is 4.79 Å². The lowest BCUT2D eigenvalue weighted by molar-refractivity contribution is -0.104. The van der Waals surface area contributed by atoms with Gasteiger partial charge in [-0.1, -0.05) is 24.3 Å². The molecule has 0 amide bonds. The smallest absolute Gasteiger partial charge is 0.143 e. The molecule has 1 heteroatoms. The molecule has 0 aromatic carbocycles. The molecule has 0 spiro atoms. The van der Waals surface area contributed by atoms with E-state index in [1.807, 2.05) is 19.9 Å². The summed E-state index contributed by atoms with van der Waals surface area (Å²) in [7, 11) is 0. The molecule has 0 aliphatic heterocycles. The van der Waals surface area contributed by atoms with Crippen molar-refractivity contribution in [3.63, 3.8) is 0 Å². The fraction of sp³-hybridized carbons (Fsp3) is 0.222. The van der Waals surface area contributed by atoms with Crippen LogP contribution in [0.1, 0.15) is 13.8 Å². The standard InChI is InChI=1S/C9H12O/c1-4-8(2)7-9(3)5-6-10/h4-7H,1H2,2-3H3/b8-7-,9-5+. The van der Waals surface area contributed by atoms with E-state index in [1.54, 1.807) is 6.08 Å². The summed E-state index contributed by atoms with van der Waals surface area (Å²) in [5.74, 6) is 0. The molecular weight excluding hydrogens is 124 g/mol. The van der Waals surface area contributed by atoms with Crippen LogP contribution in [0.2, 0.25) is 0 Å². The van der Waals surface area contributed by atoms with Gasteiger partial charge in [0, 0.05) is 0 Å². The Labute approximate surface area is 61.8 Å². The summed E-state index contributed by atoms with van der Waals surface area (Å²) in [5, 5.41) is 0. The van der Waals surface area contributed by atoms with Gasteiger partial charge in [0.05, 0.1) is 0 Å². The summed E-state index contributed by atoms with van der Waals surface area (Å²) in [6, 6.07) is 0. The third-order valence-electron chi connectivity index (χ3n) is 1.11. The van der Waals surface area contributed by atoms with Crippen LogP contribution in [0, 0.1) is 0 Å². The maximum Gasteiger partial charge on any atom is 0.143 e. The van der Waals surface area contributed by atoms with E-state index in [4.69, 9.17) is 0 Å². The number of aldehydes is 1. The maximum absolute atomic E-state index is 9.95. The third-order valence-corrected chi connectivity index (χ3v) is 1.11. The van der Waals surface area contributed by atoms with Crippen LogP contribution in [0.4, 0.5) is 0 Å². The van der Waals surface area contributed by atoms with E-state index in [-0.39, 0.29) is 0 Å². The first-order valence-electron chi connectivity index (χ1n) is 3.13. The lowest BCUT2D eigenvalue weighted by atomic mass is 10.2. The van der Waals surface area contributed by atoms with E-state index < -0.39 is 0 Å². The highest BCUT2D eigenvalue weighted by Gasteiger charge is 1.81. The average molecular weight is 136 g/mol. The predicted octanol–water partition coefficient (Wildman–Crippen LogP) is 2.26. The molecule has 0 saturated heterocycles. The molecule has 10 heavy (non-hydrogen) atoms. The first kappa shape index (κ1) is 8.89. The Bertz CT molecular complexity index is 185. The second-order valence-corrected chi connectivity index (χ2v) is 2.14. The molecule has 0 atom stereocenters. The normalized spacial score (nSPS) is 13.0. The minimum Gasteiger partial charge on any atom is -0.299 e. The zero-order chi connectivity index (χ0) is 7.98. The van der Waals surface area contributed by atoms with Crippen LogP contribution in [-0.4, -0.2) is 6.29 Å². The van der Waals surface area contributed by atoms with Crippen molar-refractivity contribution in [1.82, 2.24) is 0 Å². The molecule has 0 saturated carbocycles. The van der Waals surface area contributed by atoms with E-state index in [2.05, 4.69) is 6.58 Å². The van der Waals surface area contributed by atoms with Crippen molar-refractivity contribution in [2.24, 2.45) is 0 Å². The van der Waals surface area contributed by atoms with Gasteiger partial charge < -0.3 is 0 Å². The Hall–Kier alpha value is -1.11. The molecule has 0 aliphatic carbocycles. The van der Waals surface area contributed by atoms with Gasteiger partial charge in [-0.2, -0.15) is 0 Å². The average Bonchev–Trinajstić information content (AvgIpc) is 1.88. The van der Waals surface area contributed by atoms with Crippen LogP contribution in [-0.2, 0) is 4.79 Å². The number of rotatable bonds is 3. The number of hydrogen-bond donors (Lipinski definition) is 0. The quantitative estimate of drug-likeness (QED) is 0.330. The molecule has 0 radical (unpaired) electrons. The van der Waals surface area contributed by atoms with Gasteiger partial charge in [0.15, 0.2) is 0 Å². The van der Waals surface area contributed by atoms with Crippen molar-refractivity contribution in [2.45, 2.75) is 13.8 Å². The second-order valence-electron chi connectivity index (χ2n) is 2.14. The highest BCUT2D eigenvalue weighted by Crippen LogP contribution is 2.00. The Morgan fingerprint density at radius 3 is 2.30 bits per heavy atom. The molecule has 0 aromatic heterocycles. The molecule has 0 N–H and O–H groups in total.